The zero-order chi connectivity index (χ0) is 20.8. The summed E-state index contributed by atoms with van der Waals surface area (Å²) in [4.78, 5) is 14.2. The first-order valence-corrected chi connectivity index (χ1v) is 10.6. The van der Waals surface area contributed by atoms with Gasteiger partial charge in [-0.3, -0.25) is 4.79 Å². The Labute approximate surface area is 177 Å². The third-order valence-electron chi connectivity index (χ3n) is 4.37. The molecule has 3 rings (SSSR count). The maximum atomic E-state index is 13.1. The lowest BCUT2D eigenvalue weighted by Crippen LogP contribution is -2.31. The molecular formula is C20H21FN4O2S2. The fourth-order valence-corrected chi connectivity index (χ4v) is 4.25. The molecule has 1 atom stereocenters. The number of carbonyl (C=O) groups excluding carboxylic acids is 1. The molecule has 3 aromatic rings. The average Bonchev–Trinajstić information content (AvgIpc) is 3.18. The topological polar surface area (TPSA) is 67.3 Å². The minimum atomic E-state index is -0.292. The molecule has 0 aliphatic heterocycles. The van der Waals surface area contributed by atoms with Gasteiger partial charge in [-0.2, -0.15) is 0 Å². The molecule has 0 fully saturated rings. The van der Waals surface area contributed by atoms with Gasteiger partial charge in [-0.25, -0.2) is 4.39 Å². The molecule has 0 aliphatic rings. The van der Waals surface area contributed by atoms with E-state index >= 15 is 0 Å². The van der Waals surface area contributed by atoms with E-state index in [-0.39, 0.29) is 23.5 Å². The monoisotopic (exact) mass is 432 g/mol. The van der Waals surface area contributed by atoms with Crippen molar-refractivity contribution in [3.8, 4) is 5.75 Å². The molecule has 9 heteroatoms. The van der Waals surface area contributed by atoms with Crippen molar-refractivity contribution in [3.63, 3.8) is 0 Å². The number of aromatic nitrogens is 2. The Morgan fingerprint density at radius 1 is 1.28 bits per heavy atom. The third kappa shape index (κ3) is 5.68. The van der Waals surface area contributed by atoms with Crippen LogP contribution in [-0.4, -0.2) is 40.9 Å². The summed E-state index contributed by atoms with van der Waals surface area (Å²) in [6.07, 6.45) is 0. The number of halogens is 1. The van der Waals surface area contributed by atoms with Crippen LogP contribution in [0.1, 0.15) is 18.5 Å². The second kappa shape index (κ2) is 9.71. The van der Waals surface area contributed by atoms with Crippen molar-refractivity contribution >= 4 is 39.8 Å². The van der Waals surface area contributed by atoms with Gasteiger partial charge in [0, 0.05) is 18.8 Å². The minimum absolute atomic E-state index is 0.0377. The molecule has 1 aromatic heterocycles. The summed E-state index contributed by atoms with van der Waals surface area (Å²) >= 11 is 2.72. The van der Waals surface area contributed by atoms with Gasteiger partial charge in [-0.1, -0.05) is 41.3 Å². The van der Waals surface area contributed by atoms with E-state index in [4.69, 9.17) is 4.74 Å². The molecule has 0 bridgehead atoms. The molecular weight excluding hydrogens is 411 g/mol. The second-order valence-electron chi connectivity index (χ2n) is 6.25. The summed E-state index contributed by atoms with van der Waals surface area (Å²) in [5.41, 5.74) is 1.73. The Morgan fingerprint density at radius 2 is 2.03 bits per heavy atom. The lowest BCUT2D eigenvalue weighted by Gasteiger charge is -2.25. The zero-order valence-corrected chi connectivity index (χ0v) is 17.9. The lowest BCUT2D eigenvalue weighted by molar-refractivity contribution is -0.128. The Balaban J connectivity index is 1.54. The summed E-state index contributed by atoms with van der Waals surface area (Å²) < 4.78 is 19.0. The molecule has 0 aliphatic carbocycles. The molecule has 0 saturated carbocycles. The van der Waals surface area contributed by atoms with Crippen LogP contribution in [0.2, 0.25) is 0 Å². The highest BCUT2D eigenvalue weighted by atomic mass is 32.2. The Kier molecular flexibility index (Phi) is 7.05. The van der Waals surface area contributed by atoms with Gasteiger partial charge < -0.3 is 15.0 Å². The Hall–Kier alpha value is -2.65. The fraction of sp³-hybridized carbons (Fsp3) is 0.250. The lowest BCUT2D eigenvalue weighted by atomic mass is 10.1. The van der Waals surface area contributed by atoms with Crippen LogP contribution in [0.15, 0.2) is 52.9 Å². The summed E-state index contributed by atoms with van der Waals surface area (Å²) in [5, 5.41) is 12.1. The Morgan fingerprint density at radius 3 is 2.76 bits per heavy atom. The third-order valence-corrected chi connectivity index (χ3v) is 6.33. The summed E-state index contributed by atoms with van der Waals surface area (Å²) in [5.74, 6) is 0.665. The highest BCUT2D eigenvalue weighted by Crippen LogP contribution is 2.29. The van der Waals surface area contributed by atoms with E-state index in [9.17, 15) is 9.18 Å². The largest absolute Gasteiger partial charge is 0.497 e. The molecule has 0 saturated heterocycles. The highest BCUT2D eigenvalue weighted by Gasteiger charge is 2.18. The SMILES string of the molecule is COc1cccc(Nc2nnc(SCC(=O)N(C)C(C)c3ccc(F)cc3)s2)c1. The molecule has 0 spiro atoms. The molecule has 1 amide bonds. The Bertz CT molecular complexity index is 965. The minimum Gasteiger partial charge on any atom is -0.497 e. The summed E-state index contributed by atoms with van der Waals surface area (Å²) in [7, 11) is 3.36. The van der Waals surface area contributed by atoms with E-state index in [0.717, 1.165) is 17.0 Å². The van der Waals surface area contributed by atoms with Crippen LogP contribution < -0.4 is 10.1 Å². The van der Waals surface area contributed by atoms with Crippen molar-refractivity contribution in [1.29, 1.82) is 0 Å². The van der Waals surface area contributed by atoms with Crippen molar-refractivity contribution in [2.24, 2.45) is 0 Å². The van der Waals surface area contributed by atoms with Gasteiger partial charge in [0.25, 0.3) is 0 Å². The van der Waals surface area contributed by atoms with Crippen LogP contribution in [0, 0.1) is 5.82 Å². The second-order valence-corrected chi connectivity index (χ2v) is 8.45. The first-order chi connectivity index (χ1) is 14.0. The van der Waals surface area contributed by atoms with E-state index in [2.05, 4.69) is 15.5 Å². The van der Waals surface area contributed by atoms with Crippen molar-refractivity contribution in [1.82, 2.24) is 15.1 Å². The summed E-state index contributed by atoms with van der Waals surface area (Å²) in [6.45, 7) is 1.91. The number of thioether (sulfide) groups is 1. The van der Waals surface area contributed by atoms with E-state index in [1.807, 2.05) is 31.2 Å². The van der Waals surface area contributed by atoms with Crippen LogP contribution in [-0.2, 0) is 4.79 Å². The van der Waals surface area contributed by atoms with Crippen molar-refractivity contribution in [3.05, 3.63) is 59.9 Å². The molecule has 152 valence electrons. The van der Waals surface area contributed by atoms with E-state index < -0.39 is 0 Å². The van der Waals surface area contributed by atoms with Crippen molar-refractivity contribution < 1.29 is 13.9 Å². The molecule has 1 N–H and O–H groups in total. The fourth-order valence-electron chi connectivity index (χ4n) is 2.55. The number of nitrogens with zero attached hydrogens (tertiary/aromatic N) is 3. The van der Waals surface area contributed by atoms with Crippen molar-refractivity contribution in [2.45, 2.75) is 17.3 Å². The quantitative estimate of drug-likeness (QED) is 0.519. The van der Waals surface area contributed by atoms with E-state index in [0.29, 0.717) is 9.47 Å². The smallest absolute Gasteiger partial charge is 0.233 e. The van der Waals surface area contributed by atoms with Gasteiger partial charge in [0.1, 0.15) is 11.6 Å². The number of ether oxygens (including phenoxy) is 1. The van der Waals surface area contributed by atoms with Crippen LogP contribution in [0.5, 0.6) is 5.75 Å². The van der Waals surface area contributed by atoms with Crippen LogP contribution in [0.4, 0.5) is 15.2 Å². The number of carbonyl (C=O) groups is 1. The normalized spacial score (nSPS) is 11.7. The average molecular weight is 433 g/mol. The molecule has 1 unspecified atom stereocenters. The van der Waals surface area contributed by atoms with Gasteiger partial charge in [-0.15, -0.1) is 10.2 Å². The number of hydrogen-bond acceptors (Lipinski definition) is 7. The maximum Gasteiger partial charge on any atom is 0.233 e. The number of anilines is 2. The summed E-state index contributed by atoms with van der Waals surface area (Å²) in [6, 6.07) is 13.6. The highest BCUT2D eigenvalue weighted by molar-refractivity contribution is 8.01. The van der Waals surface area contributed by atoms with Gasteiger partial charge in [0.2, 0.25) is 11.0 Å². The van der Waals surface area contributed by atoms with Crippen LogP contribution in [0.25, 0.3) is 0 Å². The molecule has 29 heavy (non-hydrogen) atoms. The maximum absolute atomic E-state index is 13.1. The first-order valence-electron chi connectivity index (χ1n) is 8.85. The van der Waals surface area contributed by atoms with E-state index in [1.54, 1.807) is 31.2 Å². The van der Waals surface area contributed by atoms with Gasteiger partial charge in [0.05, 0.1) is 18.9 Å². The predicted molar refractivity (Wildman–Crippen MR) is 114 cm³/mol. The number of hydrogen-bond donors (Lipinski definition) is 1. The number of nitrogens with one attached hydrogen (secondary N) is 1. The first kappa shape index (κ1) is 21.1. The van der Waals surface area contributed by atoms with Gasteiger partial charge in [0.15, 0.2) is 4.34 Å². The van der Waals surface area contributed by atoms with Gasteiger partial charge in [-0.05, 0) is 36.8 Å². The van der Waals surface area contributed by atoms with Crippen molar-refractivity contribution in [2.75, 3.05) is 25.2 Å². The number of amides is 1. The van der Waals surface area contributed by atoms with Gasteiger partial charge >= 0.3 is 0 Å². The zero-order valence-electron chi connectivity index (χ0n) is 16.3. The number of methoxy groups -OCH3 is 1. The molecule has 6 nitrogen and oxygen atoms in total. The number of benzene rings is 2. The standard InChI is InChI=1S/C20H21FN4O2S2/c1-13(14-7-9-15(21)10-8-14)25(2)18(26)12-28-20-24-23-19(29-20)22-16-5-4-6-17(11-16)27-3/h4-11,13H,12H2,1-3H3,(H,22,23). The number of rotatable bonds is 8. The van der Waals surface area contributed by atoms with Crippen LogP contribution in [0.3, 0.4) is 0 Å². The molecule has 0 radical (unpaired) electrons. The predicted octanol–water partition coefficient (Wildman–Crippen LogP) is 4.74. The molecule has 2 aromatic carbocycles. The van der Waals surface area contributed by atoms with E-state index in [1.165, 1.54) is 35.2 Å². The van der Waals surface area contributed by atoms with Crippen LogP contribution >= 0.6 is 23.1 Å². The molecule has 1 heterocycles.